The Hall–Kier alpha value is -3.85. The van der Waals surface area contributed by atoms with Gasteiger partial charge in [0.05, 0.1) is 16.8 Å². The van der Waals surface area contributed by atoms with E-state index in [-0.39, 0.29) is 16.3 Å². The maximum Gasteiger partial charge on any atom is 0.328 e. The minimum Gasteiger partial charge on any atom is -0.478 e. The van der Waals surface area contributed by atoms with E-state index in [9.17, 15) is 18.0 Å². The first-order chi connectivity index (χ1) is 13.8. The molecule has 0 fully saturated rings. The zero-order valence-electron chi connectivity index (χ0n) is 14.9. The minimum atomic E-state index is -3.87. The lowest BCUT2D eigenvalue weighted by atomic mass is 10.2. The van der Waals surface area contributed by atoms with Crippen molar-refractivity contribution in [1.82, 2.24) is 0 Å². The number of amides is 1. The van der Waals surface area contributed by atoms with E-state index in [1.165, 1.54) is 48.7 Å². The van der Waals surface area contributed by atoms with E-state index >= 15 is 0 Å². The van der Waals surface area contributed by atoms with Crippen LogP contribution in [0.25, 0.3) is 6.08 Å². The maximum atomic E-state index is 12.6. The Morgan fingerprint density at radius 2 is 1.69 bits per heavy atom. The molecule has 0 aliphatic carbocycles. The molecule has 3 N–H and O–H groups in total. The number of sulfonamides is 1. The number of carboxylic acids is 1. The first-order valence-electron chi connectivity index (χ1n) is 8.32. The van der Waals surface area contributed by atoms with Crippen molar-refractivity contribution in [2.45, 2.75) is 4.90 Å². The Bertz CT molecular complexity index is 1150. The second-order valence-corrected chi connectivity index (χ2v) is 7.54. The highest BCUT2D eigenvalue weighted by Crippen LogP contribution is 2.21. The molecule has 0 spiro atoms. The number of nitrogens with one attached hydrogen (secondary N) is 2. The van der Waals surface area contributed by atoms with Crippen LogP contribution < -0.4 is 10.0 Å². The minimum absolute atomic E-state index is 0.00926. The van der Waals surface area contributed by atoms with Gasteiger partial charge in [0, 0.05) is 11.8 Å². The molecule has 0 atom stereocenters. The summed E-state index contributed by atoms with van der Waals surface area (Å²) >= 11 is 0. The van der Waals surface area contributed by atoms with Gasteiger partial charge in [-0.1, -0.05) is 18.2 Å². The number of carbonyl (C=O) groups excluding carboxylic acids is 1. The lowest BCUT2D eigenvalue weighted by Crippen LogP contribution is -2.14. The number of aliphatic carboxylic acids is 1. The van der Waals surface area contributed by atoms with Crippen molar-refractivity contribution in [3.8, 4) is 0 Å². The average molecular weight is 412 g/mol. The second kappa shape index (κ2) is 8.44. The number of hydrogen-bond acceptors (Lipinski definition) is 5. The molecule has 29 heavy (non-hydrogen) atoms. The lowest BCUT2D eigenvalue weighted by molar-refractivity contribution is -0.131. The molecule has 0 unspecified atom stereocenters. The number of carboxylic acid groups (broad SMARTS) is 1. The SMILES string of the molecule is O=C(O)/C=C/c1ccc(S(=O)(=O)Nc2cccc(NC(=O)c3ccco3)c2)cc1. The molecule has 0 saturated carbocycles. The van der Waals surface area contributed by atoms with E-state index in [1.54, 1.807) is 24.3 Å². The van der Waals surface area contributed by atoms with E-state index < -0.39 is 21.9 Å². The Balaban J connectivity index is 1.73. The van der Waals surface area contributed by atoms with Gasteiger partial charge in [0.1, 0.15) is 0 Å². The van der Waals surface area contributed by atoms with Crippen LogP contribution in [0.15, 0.2) is 82.3 Å². The number of anilines is 2. The highest BCUT2D eigenvalue weighted by molar-refractivity contribution is 7.92. The number of benzene rings is 2. The van der Waals surface area contributed by atoms with Crippen LogP contribution in [0.1, 0.15) is 16.1 Å². The van der Waals surface area contributed by atoms with Crippen LogP contribution in [0.2, 0.25) is 0 Å². The zero-order chi connectivity index (χ0) is 20.9. The topological polar surface area (TPSA) is 126 Å². The molecule has 2 aromatic carbocycles. The molecule has 0 aliphatic rings. The summed E-state index contributed by atoms with van der Waals surface area (Å²) in [4.78, 5) is 22.6. The smallest absolute Gasteiger partial charge is 0.328 e. The van der Waals surface area contributed by atoms with Crippen molar-refractivity contribution < 1.29 is 27.5 Å². The molecular formula is C20H16N2O6S. The fourth-order valence-corrected chi connectivity index (χ4v) is 3.45. The average Bonchev–Trinajstić information content (AvgIpc) is 3.21. The van der Waals surface area contributed by atoms with Crippen molar-refractivity contribution in [1.29, 1.82) is 0 Å². The molecule has 0 aliphatic heterocycles. The van der Waals surface area contributed by atoms with Crippen LogP contribution in [-0.2, 0) is 14.8 Å². The van der Waals surface area contributed by atoms with Gasteiger partial charge in [0.2, 0.25) is 0 Å². The van der Waals surface area contributed by atoms with Gasteiger partial charge in [0.15, 0.2) is 5.76 Å². The quantitative estimate of drug-likeness (QED) is 0.511. The number of furan rings is 1. The van der Waals surface area contributed by atoms with E-state index in [0.29, 0.717) is 11.3 Å². The molecule has 148 valence electrons. The van der Waals surface area contributed by atoms with Crippen molar-refractivity contribution >= 4 is 39.4 Å². The summed E-state index contributed by atoms with van der Waals surface area (Å²) in [6.45, 7) is 0. The summed E-state index contributed by atoms with van der Waals surface area (Å²) in [5, 5.41) is 11.2. The van der Waals surface area contributed by atoms with Crippen molar-refractivity contribution in [2.75, 3.05) is 10.0 Å². The van der Waals surface area contributed by atoms with E-state index in [2.05, 4.69) is 10.0 Å². The van der Waals surface area contributed by atoms with Gasteiger partial charge in [0.25, 0.3) is 15.9 Å². The van der Waals surface area contributed by atoms with Gasteiger partial charge in [-0.2, -0.15) is 0 Å². The van der Waals surface area contributed by atoms with Crippen LogP contribution in [0.5, 0.6) is 0 Å². The molecule has 9 heteroatoms. The van der Waals surface area contributed by atoms with Crippen LogP contribution in [0, 0.1) is 0 Å². The van der Waals surface area contributed by atoms with Gasteiger partial charge < -0.3 is 14.8 Å². The third-order valence-electron chi connectivity index (χ3n) is 3.73. The van der Waals surface area contributed by atoms with Crippen LogP contribution in [0.4, 0.5) is 11.4 Å². The summed E-state index contributed by atoms with van der Waals surface area (Å²) < 4.78 is 32.6. The standard InChI is InChI=1S/C20H16N2O6S/c23-19(24)11-8-14-6-9-17(10-7-14)29(26,27)22-16-4-1-3-15(13-16)21-20(25)18-5-2-12-28-18/h1-13,22H,(H,21,25)(H,23,24)/b11-8+. The van der Waals surface area contributed by atoms with Gasteiger partial charge in [-0.25, -0.2) is 13.2 Å². The predicted octanol–water partition coefficient (Wildman–Crippen LogP) is 3.43. The normalized spacial score (nSPS) is 11.3. The van der Waals surface area contributed by atoms with Crippen LogP contribution >= 0.6 is 0 Å². The van der Waals surface area contributed by atoms with Crippen LogP contribution in [0.3, 0.4) is 0 Å². The molecule has 0 saturated heterocycles. The fourth-order valence-electron chi connectivity index (χ4n) is 2.40. The Labute approximate surface area is 166 Å². The molecule has 8 nitrogen and oxygen atoms in total. The molecule has 3 aromatic rings. The molecule has 0 radical (unpaired) electrons. The first kappa shape index (κ1) is 19.9. The number of rotatable bonds is 7. The summed E-state index contributed by atoms with van der Waals surface area (Å²) in [5.41, 5.74) is 1.20. The van der Waals surface area contributed by atoms with Gasteiger partial charge in [-0.15, -0.1) is 0 Å². The molecule has 3 rings (SSSR count). The predicted molar refractivity (Wildman–Crippen MR) is 107 cm³/mol. The summed E-state index contributed by atoms with van der Waals surface area (Å²) in [5.74, 6) is -1.42. The van der Waals surface area contributed by atoms with Crippen molar-refractivity contribution in [3.63, 3.8) is 0 Å². The molecular weight excluding hydrogens is 396 g/mol. The highest BCUT2D eigenvalue weighted by atomic mass is 32.2. The lowest BCUT2D eigenvalue weighted by Gasteiger charge is -2.10. The van der Waals surface area contributed by atoms with Crippen molar-refractivity contribution in [3.05, 3.63) is 84.3 Å². The van der Waals surface area contributed by atoms with E-state index in [4.69, 9.17) is 9.52 Å². The Kier molecular flexibility index (Phi) is 5.79. The monoisotopic (exact) mass is 412 g/mol. The second-order valence-electron chi connectivity index (χ2n) is 5.86. The van der Waals surface area contributed by atoms with Gasteiger partial charge in [-0.05, 0) is 54.1 Å². The number of carbonyl (C=O) groups is 2. The molecule has 1 aromatic heterocycles. The molecule has 1 heterocycles. The fraction of sp³-hybridized carbons (Fsp3) is 0. The maximum absolute atomic E-state index is 12.6. The summed E-state index contributed by atoms with van der Waals surface area (Å²) in [7, 11) is -3.87. The zero-order valence-corrected chi connectivity index (χ0v) is 15.7. The Morgan fingerprint density at radius 3 is 2.34 bits per heavy atom. The van der Waals surface area contributed by atoms with E-state index in [0.717, 1.165) is 6.08 Å². The van der Waals surface area contributed by atoms with Crippen LogP contribution in [-0.4, -0.2) is 25.4 Å². The third-order valence-corrected chi connectivity index (χ3v) is 5.12. The third kappa shape index (κ3) is 5.33. The van der Waals surface area contributed by atoms with Crippen molar-refractivity contribution in [2.24, 2.45) is 0 Å². The van der Waals surface area contributed by atoms with Gasteiger partial charge >= 0.3 is 5.97 Å². The molecule has 1 amide bonds. The Morgan fingerprint density at radius 1 is 0.966 bits per heavy atom. The molecule has 0 bridgehead atoms. The summed E-state index contributed by atoms with van der Waals surface area (Å²) in [6, 6.07) is 15.0. The number of hydrogen-bond donors (Lipinski definition) is 3. The van der Waals surface area contributed by atoms with Gasteiger partial charge in [-0.3, -0.25) is 9.52 Å². The largest absolute Gasteiger partial charge is 0.478 e. The highest BCUT2D eigenvalue weighted by Gasteiger charge is 2.15. The van der Waals surface area contributed by atoms with E-state index in [1.807, 2.05) is 0 Å². The first-order valence-corrected chi connectivity index (χ1v) is 9.81. The summed E-state index contributed by atoms with van der Waals surface area (Å²) in [6.07, 6.45) is 3.70.